The molecule has 0 radical (unpaired) electrons. The van der Waals surface area contributed by atoms with Crippen LogP contribution < -0.4 is 0 Å². The molecule has 0 aliphatic carbocycles. The van der Waals surface area contributed by atoms with Crippen molar-refractivity contribution >= 4 is 17.8 Å². The summed E-state index contributed by atoms with van der Waals surface area (Å²) in [5.41, 5.74) is 0. The highest BCUT2D eigenvalue weighted by Crippen LogP contribution is 2.25. The van der Waals surface area contributed by atoms with Crippen molar-refractivity contribution in [2.24, 2.45) is 0 Å². The molecule has 7 heteroatoms. The normalized spacial score (nSPS) is 29.2. The van der Waals surface area contributed by atoms with Crippen LogP contribution in [0.4, 0.5) is 0 Å². The number of carboxylic acid groups (broad SMARTS) is 1. The van der Waals surface area contributed by atoms with Crippen LogP contribution in [-0.4, -0.2) is 59.3 Å². The summed E-state index contributed by atoms with van der Waals surface area (Å²) in [6, 6.07) is -0.571. The van der Waals surface area contributed by atoms with Crippen molar-refractivity contribution in [3.8, 4) is 0 Å². The molecule has 2 aliphatic heterocycles. The van der Waals surface area contributed by atoms with Crippen molar-refractivity contribution in [2.45, 2.75) is 57.3 Å². The fraction of sp³-hybridized carbons (Fsp3) is 0.786. The van der Waals surface area contributed by atoms with E-state index in [1.165, 1.54) is 4.90 Å². The van der Waals surface area contributed by atoms with Crippen LogP contribution >= 0.6 is 0 Å². The van der Waals surface area contributed by atoms with Gasteiger partial charge in [0.1, 0.15) is 12.1 Å². The Balaban J connectivity index is 2.02. The molecular formula is C14H21NO6. The van der Waals surface area contributed by atoms with E-state index in [4.69, 9.17) is 14.6 Å². The van der Waals surface area contributed by atoms with E-state index in [1.807, 2.05) is 0 Å². The van der Waals surface area contributed by atoms with Gasteiger partial charge in [-0.2, -0.15) is 0 Å². The van der Waals surface area contributed by atoms with E-state index in [9.17, 15) is 14.4 Å². The van der Waals surface area contributed by atoms with Gasteiger partial charge in [-0.3, -0.25) is 4.79 Å². The van der Waals surface area contributed by atoms with Crippen LogP contribution in [0.2, 0.25) is 0 Å². The topological polar surface area (TPSA) is 93.1 Å². The van der Waals surface area contributed by atoms with Crippen molar-refractivity contribution in [1.29, 1.82) is 0 Å². The standard InChI is InChI=1S/C14H21NO6/c1-2-20-14(19)9-5-3-4-8-15(9)12(16)10-6-7-11(21-10)13(17)18/h9-11H,2-8H2,1H3,(H,17,18). The number of esters is 1. The minimum absolute atomic E-state index is 0.276. The average molecular weight is 299 g/mol. The van der Waals surface area contributed by atoms with Crippen LogP contribution in [0.15, 0.2) is 0 Å². The third-order valence-electron chi connectivity index (χ3n) is 3.92. The predicted molar refractivity (Wildman–Crippen MR) is 71.5 cm³/mol. The molecule has 1 amide bonds. The fourth-order valence-electron chi connectivity index (χ4n) is 2.86. The van der Waals surface area contributed by atoms with Gasteiger partial charge in [0.15, 0.2) is 6.10 Å². The number of aliphatic carboxylic acids is 1. The molecule has 2 aliphatic rings. The zero-order chi connectivity index (χ0) is 15.4. The van der Waals surface area contributed by atoms with Gasteiger partial charge in [0.25, 0.3) is 5.91 Å². The summed E-state index contributed by atoms with van der Waals surface area (Å²) in [5, 5.41) is 8.91. The van der Waals surface area contributed by atoms with Crippen molar-refractivity contribution in [2.75, 3.05) is 13.2 Å². The Kier molecular flexibility index (Phi) is 5.17. The molecule has 2 rings (SSSR count). The van der Waals surface area contributed by atoms with Crippen LogP contribution in [-0.2, 0) is 23.9 Å². The summed E-state index contributed by atoms with van der Waals surface area (Å²) < 4.78 is 10.3. The number of carbonyl (C=O) groups excluding carboxylic acids is 2. The first-order chi connectivity index (χ1) is 10.0. The van der Waals surface area contributed by atoms with Crippen LogP contribution in [0.3, 0.4) is 0 Å². The number of amides is 1. The smallest absolute Gasteiger partial charge is 0.332 e. The molecule has 1 N–H and O–H groups in total. The molecule has 3 atom stereocenters. The molecule has 0 bridgehead atoms. The van der Waals surface area contributed by atoms with Gasteiger partial charge in [0, 0.05) is 6.54 Å². The Morgan fingerprint density at radius 3 is 2.52 bits per heavy atom. The minimum Gasteiger partial charge on any atom is -0.479 e. The van der Waals surface area contributed by atoms with Crippen LogP contribution in [0.25, 0.3) is 0 Å². The van der Waals surface area contributed by atoms with E-state index in [-0.39, 0.29) is 12.5 Å². The molecule has 0 aromatic carbocycles. The quantitative estimate of drug-likeness (QED) is 0.763. The number of likely N-dealkylation sites (tertiary alicyclic amines) is 1. The Labute approximate surface area is 123 Å². The molecule has 7 nitrogen and oxygen atoms in total. The lowest BCUT2D eigenvalue weighted by molar-refractivity contribution is -0.163. The first kappa shape index (κ1) is 15.8. The van der Waals surface area contributed by atoms with Gasteiger partial charge in [-0.25, -0.2) is 9.59 Å². The second-order valence-corrected chi connectivity index (χ2v) is 5.32. The lowest BCUT2D eigenvalue weighted by Crippen LogP contribution is -2.52. The number of hydrogen-bond donors (Lipinski definition) is 1. The Bertz CT molecular complexity index is 424. The zero-order valence-electron chi connectivity index (χ0n) is 12.1. The van der Waals surface area contributed by atoms with E-state index in [1.54, 1.807) is 6.92 Å². The number of rotatable bonds is 4. The van der Waals surface area contributed by atoms with E-state index < -0.39 is 30.2 Å². The molecule has 0 saturated carbocycles. The molecule has 21 heavy (non-hydrogen) atoms. The van der Waals surface area contributed by atoms with Crippen molar-refractivity contribution in [1.82, 2.24) is 4.90 Å². The second kappa shape index (κ2) is 6.89. The Morgan fingerprint density at radius 2 is 1.90 bits per heavy atom. The first-order valence-corrected chi connectivity index (χ1v) is 7.40. The summed E-state index contributed by atoms with van der Waals surface area (Å²) in [7, 11) is 0. The van der Waals surface area contributed by atoms with Gasteiger partial charge in [-0.15, -0.1) is 0 Å². The highest BCUT2D eigenvalue weighted by Gasteiger charge is 2.41. The molecule has 2 saturated heterocycles. The second-order valence-electron chi connectivity index (χ2n) is 5.32. The maximum Gasteiger partial charge on any atom is 0.332 e. The zero-order valence-corrected chi connectivity index (χ0v) is 12.1. The van der Waals surface area contributed by atoms with Gasteiger partial charge in [0.05, 0.1) is 6.61 Å². The number of carboxylic acids is 1. The molecule has 118 valence electrons. The van der Waals surface area contributed by atoms with Gasteiger partial charge in [-0.1, -0.05) is 0 Å². The van der Waals surface area contributed by atoms with Crippen LogP contribution in [0.5, 0.6) is 0 Å². The van der Waals surface area contributed by atoms with Crippen molar-refractivity contribution in [3.05, 3.63) is 0 Å². The Morgan fingerprint density at radius 1 is 1.19 bits per heavy atom. The number of ether oxygens (including phenoxy) is 2. The van der Waals surface area contributed by atoms with Crippen molar-refractivity contribution < 1.29 is 29.0 Å². The monoisotopic (exact) mass is 299 g/mol. The number of piperidine rings is 1. The summed E-state index contributed by atoms with van der Waals surface area (Å²) in [6.07, 6.45) is 1.30. The van der Waals surface area contributed by atoms with Crippen molar-refractivity contribution in [3.63, 3.8) is 0 Å². The third-order valence-corrected chi connectivity index (χ3v) is 3.92. The number of nitrogens with zero attached hydrogens (tertiary/aromatic N) is 1. The van der Waals surface area contributed by atoms with E-state index in [0.29, 0.717) is 25.8 Å². The predicted octanol–water partition coefficient (Wildman–Crippen LogP) is 0.563. The summed E-state index contributed by atoms with van der Waals surface area (Å²) in [4.78, 5) is 36.8. The largest absolute Gasteiger partial charge is 0.479 e. The molecule has 2 heterocycles. The minimum atomic E-state index is -1.05. The van der Waals surface area contributed by atoms with Gasteiger partial charge in [0.2, 0.25) is 0 Å². The highest BCUT2D eigenvalue weighted by molar-refractivity contribution is 5.88. The maximum atomic E-state index is 12.5. The van der Waals surface area contributed by atoms with Crippen LogP contribution in [0, 0.1) is 0 Å². The summed E-state index contributed by atoms with van der Waals surface area (Å²) in [6.45, 7) is 2.49. The van der Waals surface area contributed by atoms with E-state index >= 15 is 0 Å². The third kappa shape index (κ3) is 3.53. The first-order valence-electron chi connectivity index (χ1n) is 7.40. The molecule has 0 aromatic heterocycles. The molecule has 3 unspecified atom stereocenters. The average Bonchev–Trinajstić information content (AvgIpc) is 2.97. The van der Waals surface area contributed by atoms with Gasteiger partial charge >= 0.3 is 11.9 Å². The maximum absolute atomic E-state index is 12.5. The lowest BCUT2D eigenvalue weighted by atomic mass is 10.0. The lowest BCUT2D eigenvalue weighted by Gasteiger charge is -2.35. The summed E-state index contributed by atoms with van der Waals surface area (Å²) in [5.74, 6) is -1.74. The molecule has 0 aromatic rings. The molecule has 2 fully saturated rings. The van der Waals surface area contributed by atoms with Gasteiger partial charge < -0.3 is 19.5 Å². The number of carbonyl (C=O) groups is 3. The fourth-order valence-corrected chi connectivity index (χ4v) is 2.86. The van der Waals surface area contributed by atoms with Gasteiger partial charge in [-0.05, 0) is 39.0 Å². The number of hydrogen-bond acceptors (Lipinski definition) is 5. The highest BCUT2D eigenvalue weighted by atomic mass is 16.5. The molecule has 0 spiro atoms. The SMILES string of the molecule is CCOC(=O)C1CCCCN1C(=O)C1CCC(C(=O)O)O1. The molecular weight excluding hydrogens is 278 g/mol. The Hall–Kier alpha value is -1.63. The summed E-state index contributed by atoms with van der Waals surface area (Å²) >= 11 is 0. The van der Waals surface area contributed by atoms with Crippen LogP contribution in [0.1, 0.15) is 39.0 Å². The van der Waals surface area contributed by atoms with E-state index in [0.717, 1.165) is 12.8 Å². The van der Waals surface area contributed by atoms with E-state index in [2.05, 4.69) is 0 Å².